The zero-order valence-electron chi connectivity index (χ0n) is 9.28. The number of carbonyl (C=O) groups is 1. The van der Waals surface area contributed by atoms with E-state index in [0.29, 0.717) is 22.0 Å². The van der Waals surface area contributed by atoms with Crippen LogP contribution in [0.2, 0.25) is 10.0 Å². The highest BCUT2D eigenvalue weighted by molar-refractivity contribution is 6.44. The maximum atomic E-state index is 12.0. The summed E-state index contributed by atoms with van der Waals surface area (Å²) in [7, 11) is 0. The van der Waals surface area contributed by atoms with Crippen LogP contribution in [0.3, 0.4) is 0 Å². The van der Waals surface area contributed by atoms with Crippen LogP contribution < -0.4 is 11.1 Å². The van der Waals surface area contributed by atoms with Crippen molar-refractivity contribution in [2.24, 2.45) is 0 Å². The van der Waals surface area contributed by atoms with Crippen molar-refractivity contribution in [1.29, 1.82) is 0 Å². The van der Waals surface area contributed by atoms with Crippen molar-refractivity contribution < 1.29 is 4.79 Å². The minimum absolute atomic E-state index is 0.237. The largest absolute Gasteiger partial charge is 0.399 e. The topological polar surface area (TPSA) is 55.1 Å². The number of rotatable bonds is 2. The molecule has 0 atom stereocenters. The Morgan fingerprint density at radius 2 is 1.83 bits per heavy atom. The van der Waals surface area contributed by atoms with Crippen molar-refractivity contribution in [2.75, 3.05) is 11.1 Å². The third-order valence-corrected chi connectivity index (χ3v) is 3.16. The van der Waals surface area contributed by atoms with Gasteiger partial charge in [-0.1, -0.05) is 35.3 Å². The second kappa shape index (κ2) is 5.29. The third kappa shape index (κ3) is 2.75. The van der Waals surface area contributed by atoms with Gasteiger partial charge in [-0.25, -0.2) is 0 Å². The molecular formula is C13H10Cl2N2O. The molecule has 0 saturated carbocycles. The molecule has 0 heterocycles. The zero-order valence-corrected chi connectivity index (χ0v) is 10.8. The molecule has 3 N–H and O–H groups in total. The van der Waals surface area contributed by atoms with Gasteiger partial charge in [0.05, 0.1) is 15.6 Å². The Kier molecular flexibility index (Phi) is 3.75. The Bertz CT molecular complexity index is 599. The van der Waals surface area contributed by atoms with Gasteiger partial charge >= 0.3 is 0 Å². The van der Waals surface area contributed by atoms with E-state index in [2.05, 4.69) is 5.32 Å². The lowest BCUT2D eigenvalue weighted by molar-refractivity contribution is 0.102. The van der Waals surface area contributed by atoms with Crippen LogP contribution in [0.1, 0.15) is 10.4 Å². The van der Waals surface area contributed by atoms with E-state index in [-0.39, 0.29) is 10.9 Å². The summed E-state index contributed by atoms with van der Waals surface area (Å²) in [4.78, 5) is 12.0. The first-order valence-electron chi connectivity index (χ1n) is 5.19. The summed E-state index contributed by atoms with van der Waals surface area (Å²) >= 11 is 11.8. The highest BCUT2D eigenvalue weighted by atomic mass is 35.5. The minimum atomic E-state index is -0.326. The number of carbonyl (C=O) groups excluding carboxylic acids is 1. The number of hydrogen-bond donors (Lipinski definition) is 2. The molecule has 1 amide bonds. The lowest BCUT2D eigenvalue weighted by Crippen LogP contribution is -2.12. The van der Waals surface area contributed by atoms with Crippen LogP contribution in [-0.4, -0.2) is 5.91 Å². The summed E-state index contributed by atoms with van der Waals surface area (Å²) in [5, 5.41) is 3.29. The van der Waals surface area contributed by atoms with Crippen LogP contribution >= 0.6 is 23.2 Å². The molecule has 0 aromatic heterocycles. The number of amides is 1. The molecule has 0 aliphatic heterocycles. The van der Waals surface area contributed by atoms with Crippen LogP contribution in [0.4, 0.5) is 11.4 Å². The Morgan fingerprint density at radius 3 is 2.56 bits per heavy atom. The van der Waals surface area contributed by atoms with Crippen LogP contribution in [0.15, 0.2) is 42.5 Å². The molecule has 2 aromatic carbocycles. The van der Waals surface area contributed by atoms with Gasteiger partial charge in [-0.15, -0.1) is 0 Å². The Labute approximate surface area is 115 Å². The molecule has 0 spiro atoms. The summed E-state index contributed by atoms with van der Waals surface area (Å²) in [5.41, 5.74) is 7.14. The summed E-state index contributed by atoms with van der Waals surface area (Å²) < 4.78 is 0. The Hall–Kier alpha value is -1.71. The van der Waals surface area contributed by atoms with Crippen LogP contribution in [0.25, 0.3) is 0 Å². The van der Waals surface area contributed by atoms with E-state index in [0.717, 1.165) is 0 Å². The molecule has 2 rings (SSSR count). The van der Waals surface area contributed by atoms with Gasteiger partial charge in [-0.05, 0) is 30.3 Å². The number of nitrogens with one attached hydrogen (secondary N) is 1. The van der Waals surface area contributed by atoms with Gasteiger partial charge in [0, 0.05) is 11.4 Å². The van der Waals surface area contributed by atoms with E-state index in [4.69, 9.17) is 28.9 Å². The maximum absolute atomic E-state index is 12.0. The monoisotopic (exact) mass is 280 g/mol. The molecule has 0 fully saturated rings. The number of halogens is 2. The molecule has 0 bridgehead atoms. The fourth-order valence-corrected chi connectivity index (χ4v) is 1.88. The van der Waals surface area contributed by atoms with Crippen molar-refractivity contribution in [3.8, 4) is 0 Å². The molecule has 0 radical (unpaired) electrons. The standard InChI is InChI=1S/C13H10Cl2N2O/c14-11-6-2-5-10(12(11)15)13(18)17-9-4-1-3-8(16)7-9/h1-7H,16H2,(H,17,18). The quantitative estimate of drug-likeness (QED) is 0.822. The van der Waals surface area contributed by atoms with E-state index in [9.17, 15) is 4.79 Å². The summed E-state index contributed by atoms with van der Waals surface area (Å²) in [6, 6.07) is 11.8. The summed E-state index contributed by atoms with van der Waals surface area (Å²) in [6.45, 7) is 0. The average Bonchev–Trinajstić information content (AvgIpc) is 2.32. The first-order valence-corrected chi connectivity index (χ1v) is 5.94. The second-order valence-electron chi connectivity index (χ2n) is 3.68. The Morgan fingerprint density at radius 1 is 1.11 bits per heavy atom. The molecule has 0 saturated heterocycles. The van der Waals surface area contributed by atoms with Gasteiger partial charge < -0.3 is 11.1 Å². The van der Waals surface area contributed by atoms with Crippen LogP contribution in [-0.2, 0) is 0 Å². The maximum Gasteiger partial charge on any atom is 0.257 e. The van der Waals surface area contributed by atoms with Gasteiger partial charge in [0.2, 0.25) is 0 Å². The number of hydrogen-bond acceptors (Lipinski definition) is 2. The average molecular weight is 281 g/mol. The van der Waals surface area contributed by atoms with Gasteiger partial charge in [-0.2, -0.15) is 0 Å². The molecule has 0 aliphatic carbocycles. The molecule has 3 nitrogen and oxygen atoms in total. The van der Waals surface area contributed by atoms with Crippen molar-refractivity contribution in [2.45, 2.75) is 0 Å². The Balaban J connectivity index is 2.25. The van der Waals surface area contributed by atoms with Gasteiger partial charge in [0.25, 0.3) is 5.91 Å². The fraction of sp³-hybridized carbons (Fsp3) is 0. The third-order valence-electron chi connectivity index (χ3n) is 2.34. The van der Waals surface area contributed by atoms with Gasteiger partial charge in [0.1, 0.15) is 0 Å². The molecule has 5 heteroatoms. The van der Waals surface area contributed by atoms with Gasteiger partial charge in [0.15, 0.2) is 0 Å². The first kappa shape index (κ1) is 12.7. The van der Waals surface area contributed by atoms with E-state index in [1.807, 2.05) is 0 Å². The number of nitrogen functional groups attached to an aromatic ring is 1. The zero-order chi connectivity index (χ0) is 13.1. The highest BCUT2D eigenvalue weighted by Crippen LogP contribution is 2.26. The van der Waals surface area contributed by atoms with Crippen molar-refractivity contribution in [3.05, 3.63) is 58.1 Å². The smallest absolute Gasteiger partial charge is 0.257 e. The number of nitrogens with two attached hydrogens (primary N) is 1. The van der Waals surface area contributed by atoms with E-state index in [1.54, 1.807) is 42.5 Å². The molecule has 92 valence electrons. The fourth-order valence-electron chi connectivity index (χ4n) is 1.49. The van der Waals surface area contributed by atoms with Crippen molar-refractivity contribution in [1.82, 2.24) is 0 Å². The number of benzene rings is 2. The number of anilines is 2. The van der Waals surface area contributed by atoms with Crippen molar-refractivity contribution in [3.63, 3.8) is 0 Å². The summed E-state index contributed by atoms with van der Waals surface area (Å²) in [5.74, 6) is -0.326. The van der Waals surface area contributed by atoms with E-state index in [1.165, 1.54) is 0 Å². The van der Waals surface area contributed by atoms with E-state index < -0.39 is 0 Å². The first-order chi connectivity index (χ1) is 8.58. The molecular weight excluding hydrogens is 271 g/mol. The lowest BCUT2D eigenvalue weighted by atomic mass is 10.2. The molecule has 0 aliphatic rings. The normalized spacial score (nSPS) is 10.1. The minimum Gasteiger partial charge on any atom is -0.399 e. The van der Waals surface area contributed by atoms with Crippen LogP contribution in [0, 0.1) is 0 Å². The predicted octanol–water partition coefficient (Wildman–Crippen LogP) is 3.83. The van der Waals surface area contributed by atoms with Gasteiger partial charge in [-0.3, -0.25) is 4.79 Å². The molecule has 2 aromatic rings. The molecule has 18 heavy (non-hydrogen) atoms. The molecule has 0 unspecified atom stereocenters. The lowest BCUT2D eigenvalue weighted by Gasteiger charge is -2.08. The second-order valence-corrected chi connectivity index (χ2v) is 4.47. The van der Waals surface area contributed by atoms with E-state index >= 15 is 0 Å². The van der Waals surface area contributed by atoms with Crippen molar-refractivity contribution >= 4 is 40.5 Å². The highest BCUT2D eigenvalue weighted by Gasteiger charge is 2.12. The summed E-state index contributed by atoms with van der Waals surface area (Å²) in [6.07, 6.45) is 0. The van der Waals surface area contributed by atoms with Crippen LogP contribution in [0.5, 0.6) is 0 Å². The predicted molar refractivity (Wildman–Crippen MR) is 75.3 cm³/mol. The SMILES string of the molecule is Nc1cccc(NC(=O)c2cccc(Cl)c2Cl)c1.